The lowest BCUT2D eigenvalue weighted by Gasteiger charge is -2.12. The van der Waals surface area contributed by atoms with E-state index in [-0.39, 0.29) is 0 Å². The predicted molar refractivity (Wildman–Crippen MR) is 86.9 cm³/mol. The van der Waals surface area contributed by atoms with Gasteiger partial charge in [0.15, 0.2) is 11.5 Å². The minimum atomic E-state index is 0.720. The fourth-order valence-corrected chi connectivity index (χ4v) is 2.74. The van der Waals surface area contributed by atoms with Crippen LogP contribution in [0.3, 0.4) is 0 Å². The van der Waals surface area contributed by atoms with E-state index in [1.807, 2.05) is 36.7 Å². The molecule has 0 amide bonds. The zero-order chi connectivity index (χ0) is 15.1. The third-order valence-electron chi connectivity index (χ3n) is 3.16. The number of methoxy groups -OCH3 is 2. The third kappa shape index (κ3) is 4.44. The van der Waals surface area contributed by atoms with Gasteiger partial charge < -0.3 is 14.8 Å². The van der Waals surface area contributed by atoms with Gasteiger partial charge in [0.05, 0.1) is 18.7 Å². The third-order valence-corrected chi connectivity index (χ3v) is 3.75. The van der Waals surface area contributed by atoms with Crippen molar-refractivity contribution in [1.29, 1.82) is 0 Å². The van der Waals surface area contributed by atoms with E-state index in [1.165, 1.54) is 5.56 Å². The van der Waals surface area contributed by atoms with Gasteiger partial charge in [0.2, 0.25) is 0 Å². The molecule has 5 heteroatoms. The van der Waals surface area contributed by atoms with Crippen molar-refractivity contribution in [1.82, 2.24) is 10.3 Å². The van der Waals surface area contributed by atoms with Gasteiger partial charge in [-0.15, -0.1) is 0 Å². The Bertz CT molecular complexity index is 576. The molecule has 2 rings (SSSR count). The van der Waals surface area contributed by atoms with Gasteiger partial charge in [0.1, 0.15) is 0 Å². The fraction of sp³-hybridized carbons (Fsp3) is 0.312. The molecule has 0 aliphatic heterocycles. The summed E-state index contributed by atoms with van der Waals surface area (Å²) in [6.45, 7) is 1.69. The molecule has 1 heterocycles. The predicted octanol–water partition coefficient (Wildman–Crippen LogP) is 3.19. The van der Waals surface area contributed by atoms with Crippen LogP contribution in [0.15, 0.2) is 41.1 Å². The van der Waals surface area contributed by atoms with Crippen LogP contribution in [-0.2, 0) is 13.0 Å². The Morgan fingerprint density at radius 1 is 1.10 bits per heavy atom. The van der Waals surface area contributed by atoms with Gasteiger partial charge in [-0.25, -0.2) is 0 Å². The molecule has 1 aromatic heterocycles. The molecular weight excluding hydrogens is 332 g/mol. The van der Waals surface area contributed by atoms with E-state index in [4.69, 9.17) is 9.47 Å². The molecule has 4 nitrogen and oxygen atoms in total. The summed E-state index contributed by atoms with van der Waals surface area (Å²) >= 11 is 3.50. The van der Waals surface area contributed by atoms with Crippen LogP contribution < -0.4 is 14.8 Å². The zero-order valence-electron chi connectivity index (χ0n) is 12.2. The molecule has 0 bridgehead atoms. The second-order valence-electron chi connectivity index (χ2n) is 4.60. The van der Waals surface area contributed by atoms with Gasteiger partial charge in [0.25, 0.3) is 0 Å². The molecule has 0 saturated heterocycles. The molecule has 2 aromatic rings. The fourth-order valence-electron chi connectivity index (χ4n) is 2.09. The summed E-state index contributed by atoms with van der Waals surface area (Å²) in [5.41, 5.74) is 2.43. The first kappa shape index (κ1) is 15.8. The number of pyridine rings is 1. The van der Waals surface area contributed by atoms with Crippen LogP contribution in [0.5, 0.6) is 11.5 Å². The molecule has 0 fully saturated rings. The van der Waals surface area contributed by atoms with Crippen molar-refractivity contribution < 1.29 is 9.47 Å². The number of nitrogens with zero attached hydrogens (tertiary/aromatic N) is 1. The molecule has 1 aromatic carbocycles. The number of ether oxygens (including phenoxy) is 2. The number of nitrogens with one attached hydrogen (secondary N) is 1. The maximum atomic E-state index is 5.34. The minimum Gasteiger partial charge on any atom is -0.493 e. The topological polar surface area (TPSA) is 43.4 Å². The van der Waals surface area contributed by atoms with Crippen molar-refractivity contribution in [3.8, 4) is 11.5 Å². The van der Waals surface area contributed by atoms with Crippen LogP contribution in [0.2, 0.25) is 0 Å². The number of benzene rings is 1. The maximum Gasteiger partial charge on any atom is 0.174 e. The lowest BCUT2D eigenvalue weighted by molar-refractivity contribution is 0.352. The van der Waals surface area contributed by atoms with Gasteiger partial charge in [-0.1, -0.05) is 0 Å². The van der Waals surface area contributed by atoms with Crippen molar-refractivity contribution >= 4 is 15.9 Å². The number of halogens is 1. The van der Waals surface area contributed by atoms with Crippen molar-refractivity contribution in [3.63, 3.8) is 0 Å². The highest BCUT2D eigenvalue weighted by Gasteiger charge is 2.10. The Morgan fingerprint density at radius 2 is 1.86 bits per heavy atom. The highest BCUT2D eigenvalue weighted by Crippen LogP contribution is 2.36. The van der Waals surface area contributed by atoms with E-state index in [9.17, 15) is 0 Å². The lowest BCUT2D eigenvalue weighted by Crippen LogP contribution is -2.16. The number of hydrogen-bond donors (Lipinski definition) is 1. The van der Waals surface area contributed by atoms with Crippen LogP contribution in [0.4, 0.5) is 0 Å². The first-order valence-electron chi connectivity index (χ1n) is 6.74. The molecular formula is C16H19BrN2O2. The van der Waals surface area contributed by atoms with Crippen molar-refractivity contribution in [2.75, 3.05) is 20.8 Å². The Morgan fingerprint density at radius 3 is 2.52 bits per heavy atom. The first-order chi connectivity index (χ1) is 10.2. The van der Waals surface area contributed by atoms with Gasteiger partial charge in [0, 0.05) is 18.9 Å². The largest absolute Gasteiger partial charge is 0.493 e. The summed E-state index contributed by atoms with van der Waals surface area (Å²) in [6.07, 6.45) is 4.62. The van der Waals surface area contributed by atoms with Crippen molar-refractivity contribution in [2.45, 2.75) is 13.0 Å². The summed E-state index contributed by atoms with van der Waals surface area (Å²) in [5, 5.41) is 3.43. The summed E-state index contributed by atoms with van der Waals surface area (Å²) in [4.78, 5) is 4.01. The van der Waals surface area contributed by atoms with Crippen LogP contribution >= 0.6 is 15.9 Å². The van der Waals surface area contributed by atoms with Crippen molar-refractivity contribution in [2.24, 2.45) is 0 Å². The second-order valence-corrected chi connectivity index (χ2v) is 5.45. The Balaban J connectivity index is 1.90. The molecule has 0 saturated carbocycles. The van der Waals surface area contributed by atoms with E-state index in [0.717, 1.165) is 41.0 Å². The average Bonchev–Trinajstić information content (AvgIpc) is 2.52. The van der Waals surface area contributed by atoms with E-state index in [2.05, 4.69) is 26.2 Å². The summed E-state index contributed by atoms with van der Waals surface area (Å²) in [6, 6.07) is 8.10. The van der Waals surface area contributed by atoms with Gasteiger partial charge in [-0.2, -0.15) is 0 Å². The van der Waals surface area contributed by atoms with Crippen LogP contribution in [-0.4, -0.2) is 25.7 Å². The monoisotopic (exact) mass is 350 g/mol. The number of hydrogen-bond acceptors (Lipinski definition) is 4. The molecule has 112 valence electrons. The van der Waals surface area contributed by atoms with Crippen LogP contribution in [0.25, 0.3) is 0 Å². The molecule has 0 aliphatic rings. The highest BCUT2D eigenvalue weighted by atomic mass is 79.9. The zero-order valence-corrected chi connectivity index (χ0v) is 13.8. The standard InChI is InChI=1S/C16H19BrN2O2/c1-20-15-10-13(9-14(17)16(15)21-2)11-19-8-5-12-3-6-18-7-4-12/h3-4,6-7,9-10,19H,5,8,11H2,1-2H3. The number of aromatic nitrogens is 1. The normalized spacial score (nSPS) is 10.4. The smallest absolute Gasteiger partial charge is 0.174 e. The van der Waals surface area contributed by atoms with E-state index in [0.29, 0.717) is 0 Å². The van der Waals surface area contributed by atoms with Crippen molar-refractivity contribution in [3.05, 3.63) is 52.3 Å². The minimum absolute atomic E-state index is 0.720. The Kier molecular flexibility index (Phi) is 6.02. The van der Waals surface area contributed by atoms with E-state index >= 15 is 0 Å². The molecule has 1 N–H and O–H groups in total. The molecule has 0 unspecified atom stereocenters. The Labute approximate surface area is 133 Å². The first-order valence-corrected chi connectivity index (χ1v) is 7.54. The highest BCUT2D eigenvalue weighted by molar-refractivity contribution is 9.10. The lowest BCUT2D eigenvalue weighted by atomic mass is 10.2. The summed E-state index contributed by atoms with van der Waals surface area (Å²) in [7, 11) is 3.28. The molecule has 0 spiro atoms. The maximum absolute atomic E-state index is 5.34. The van der Waals surface area contributed by atoms with Gasteiger partial charge in [-0.05, 0) is 64.3 Å². The van der Waals surface area contributed by atoms with Crippen LogP contribution in [0, 0.1) is 0 Å². The van der Waals surface area contributed by atoms with Gasteiger partial charge in [-0.3, -0.25) is 4.98 Å². The SMILES string of the molecule is COc1cc(CNCCc2ccncc2)cc(Br)c1OC. The molecule has 21 heavy (non-hydrogen) atoms. The molecule has 0 radical (unpaired) electrons. The van der Waals surface area contributed by atoms with Crippen LogP contribution in [0.1, 0.15) is 11.1 Å². The number of rotatable bonds is 7. The quantitative estimate of drug-likeness (QED) is 0.778. The Hall–Kier alpha value is -1.59. The van der Waals surface area contributed by atoms with E-state index in [1.54, 1.807) is 14.2 Å². The summed E-state index contributed by atoms with van der Waals surface area (Å²) < 4.78 is 11.5. The second kappa shape index (κ2) is 8.00. The molecule has 0 aliphatic carbocycles. The molecule has 0 atom stereocenters. The average molecular weight is 351 g/mol. The van der Waals surface area contributed by atoms with Gasteiger partial charge >= 0.3 is 0 Å². The summed E-state index contributed by atoms with van der Waals surface area (Å²) in [5.74, 6) is 1.45. The van der Waals surface area contributed by atoms with E-state index < -0.39 is 0 Å².